The van der Waals surface area contributed by atoms with Crippen molar-refractivity contribution in [3.05, 3.63) is 101 Å². The highest BCUT2D eigenvalue weighted by Crippen LogP contribution is 2.27. The quantitative estimate of drug-likeness (QED) is 0.312. The minimum absolute atomic E-state index is 0.203. The van der Waals surface area contributed by atoms with Gasteiger partial charge in [0.1, 0.15) is 5.75 Å². The highest BCUT2D eigenvalue weighted by molar-refractivity contribution is 7.14. The van der Waals surface area contributed by atoms with E-state index in [1.54, 1.807) is 7.11 Å². The lowest BCUT2D eigenvalue weighted by Crippen LogP contribution is -2.13. The number of hydrogen-bond donors (Lipinski definition) is 1. The maximum absolute atomic E-state index is 13.1. The molecule has 5 heteroatoms. The average molecular weight is 413 g/mol. The van der Waals surface area contributed by atoms with Gasteiger partial charge in [-0.1, -0.05) is 72.8 Å². The van der Waals surface area contributed by atoms with Crippen molar-refractivity contribution >= 4 is 34.0 Å². The van der Waals surface area contributed by atoms with Crippen LogP contribution in [0.3, 0.4) is 0 Å². The Morgan fingerprint density at radius 3 is 2.27 bits per heavy atom. The fourth-order valence-electron chi connectivity index (χ4n) is 3.00. The molecule has 1 N–H and O–H groups in total. The molecule has 0 spiro atoms. The van der Waals surface area contributed by atoms with Crippen molar-refractivity contribution in [2.24, 2.45) is 0 Å². The zero-order chi connectivity index (χ0) is 20.8. The van der Waals surface area contributed by atoms with E-state index < -0.39 is 0 Å². The van der Waals surface area contributed by atoms with Crippen LogP contribution in [0.1, 0.15) is 11.1 Å². The molecule has 0 radical (unpaired) electrons. The Balaban J connectivity index is 1.61. The molecule has 0 saturated heterocycles. The molecule has 4 rings (SSSR count). The predicted molar refractivity (Wildman–Crippen MR) is 123 cm³/mol. The molecule has 1 heterocycles. The van der Waals surface area contributed by atoms with E-state index in [1.807, 2.05) is 96.4 Å². The molecule has 4 nitrogen and oxygen atoms in total. The van der Waals surface area contributed by atoms with Crippen molar-refractivity contribution in [3.8, 4) is 17.0 Å². The summed E-state index contributed by atoms with van der Waals surface area (Å²) in [5, 5.41) is 5.46. The number of carbonyl (C=O) groups excluding carboxylic acids is 1. The average Bonchev–Trinajstić information content (AvgIpc) is 3.27. The van der Waals surface area contributed by atoms with Gasteiger partial charge in [0.25, 0.3) is 5.91 Å². The Labute approximate surface area is 179 Å². The Morgan fingerprint density at radius 1 is 0.933 bits per heavy atom. The number of aromatic nitrogens is 1. The highest BCUT2D eigenvalue weighted by atomic mass is 32.1. The van der Waals surface area contributed by atoms with Crippen molar-refractivity contribution in [2.75, 3.05) is 12.4 Å². The molecule has 0 aliphatic rings. The third-order valence-electron chi connectivity index (χ3n) is 4.55. The lowest BCUT2D eigenvalue weighted by molar-refractivity contribution is -0.111. The number of nitrogens with one attached hydrogen (secondary N) is 1. The molecule has 0 bridgehead atoms. The summed E-state index contributed by atoms with van der Waals surface area (Å²) in [6.07, 6.45) is 1.87. The summed E-state index contributed by atoms with van der Waals surface area (Å²) >= 11 is 1.41. The second-order valence-corrected chi connectivity index (χ2v) is 7.41. The lowest BCUT2D eigenvalue weighted by atomic mass is 10.0. The van der Waals surface area contributed by atoms with Crippen LogP contribution in [0.15, 0.2) is 90.3 Å². The van der Waals surface area contributed by atoms with Crippen LogP contribution in [0.25, 0.3) is 22.9 Å². The number of amides is 1. The van der Waals surface area contributed by atoms with Gasteiger partial charge < -0.3 is 4.74 Å². The maximum Gasteiger partial charge on any atom is 0.258 e. The first kappa shape index (κ1) is 19.6. The number of methoxy groups -OCH3 is 1. The van der Waals surface area contributed by atoms with Crippen molar-refractivity contribution < 1.29 is 9.53 Å². The molecule has 30 heavy (non-hydrogen) atoms. The largest absolute Gasteiger partial charge is 0.497 e. The van der Waals surface area contributed by atoms with Gasteiger partial charge in [0.2, 0.25) is 0 Å². The van der Waals surface area contributed by atoms with Gasteiger partial charge in [-0.05, 0) is 29.3 Å². The van der Waals surface area contributed by atoms with Crippen LogP contribution >= 0.6 is 11.3 Å². The Hall–Kier alpha value is -3.70. The summed E-state index contributed by atoms with van der Waals surface area (Å²) in [5.74, 6) is 0.570. The van der Waals surface area contributed by atoms with Crippen LogP contribution in [0, 0.1) is 0 Å². The first-order chi connectivity index (χ1) is 14.7. The van der Waals surface area contributed by atoms with Crippen LogP contribution in [0.5, 0.6) is 5.75 Å². The third kappa shape index (κ3) is 4.64. The van der Waals surface area contributed by atoms with Gasteiger partial charge in [0.15, 0.2) is 5.13 Å². The Morgan fingerprint density at radius 2 is 1.60 bits per heavy atom. The molecule has 0 atom stereocenters. The van der Waals surface area contributed by atoms with E-state index >= 15 is 0 Å². The summed E-state index contributed by atoms with van der Waals surface area (Å²) in [6.45, 7) is 0. The molecule has 0 fully saturated rings. The second kappa shape index (κ2) is 9.20. The van der Waals surface area contributed by atoms with Gasteiger partial charge in [-0.15, -0.1) is 11.3 Å². The molecular formula is C25H20N2O2S. The van der Waals surface area contributed by atoms with Crippen LogP contribution in [0.4, 0.5) is 5.13 Å². The van der Waals surface area contributed by atoms with Gasteiger partial charge in [-0.3, -0.25) is 10.1 Å². The highest BCUT2D eigenvalue weighted by Gasteiger charge is 2.15. The van der Waals surface area contributed by atoms with Crippen molar-refractivity contribution in [2.45, 2.75) is 0 Å². The predicted octanol–water partition coefficient (Wildman–Crippen LogP) is 6.00. The van der Waals surface area contributed by atoms with Crippen molar-refractivity contribution in [1.82, 2.24) is 4.98 Å². The number of anilines is 1. The number of rotatable bonds is 6. The zero-order valence-corrected chi connectivity index (χ0v) is 17.2. The summed E-state index contributed by atoms with van der Waals surface area (Å²) in [4.78, 5) is 17.7. The normalized spacial score (nSPS) is 11.2. The molecule has 1 aromatic heterocycles. The number of hydrogen-bond acceptors (Lipinski definition) is 4. The van der Waals surface area contributed by atoms with E-state index in [-0.39, 0.29) is 5.91 Å². The van der Waals surface area contributed by atoms with Gasteiger partial charge in [-0.2, -0.15) is 0 Å². The van der Waals surface area contributed by atoms with Crippen molar-refractivity contribution in [3.63, 3.8) is 0 Å². The van der Waals surface area contributed by atoms with E-state index in [4.69, 9.17) is 4.74 Å². The first-order valence-electron chi connectivity index (χ1n) is 9.46. The third-order valence-corrected chi connectivity index (χ3v) is 5.31. The van der Waals surface area contributed by atoms with E-state index in [2.05, 4.69) is 10.3 Å². The molecule has 0 unspecified atom stereocenters. The molecule has 1 amide bonds. The molecule has 4 aromatic rings. The standard InChI is InChI=1S/C25H20N2O2S/c1-29-21-14-12-18(13-15-21)16-22(19-8-4-2-5-9-19)24(28)27-25-26-23(17-30-25)20-10-6-3-7-11-20/h2-17H,1H3,(H,26,27,28)/b22-16+. The zero-order valence-electron chi connectivity index (χ0n) is 16.4. The van der Waals surface area contributed by atoms with Gasteiger partial charge in [0.05, 0.1) is 12.8 Å². The first-order valence-corrected chi connectivity index (χ1v) is 10.3. The molecule has 0 aliphatic carbocycles. The minimum Gasteiger partial charge on any atom is -0.497 e. The number of thiazole rings is 1. The summed E-state index contributed by atoms with van der Waals surface area (Å²) < 4.78 is 5.22. The Bertz CT molecular complexity index is 1150. The van der Waals surface area contributed by atoms with Gasteiger partial charge in [-0.25, -0.2) is 4.98 Å². The van der Waals surface area contributed by atoms with E-state index in [9.17, 15) is 4.79 Å². The Kier molecular flexibility index (Phi) is 6.01. The topological polar surface area (TPSA) is 51.2 Å². The SMILES string of the molecule is COc1ccc(/C=C(/C(=O)Nc2nc(-c3ccccc3)cs2)c2ccccc2)cc1. The van der Waals surface area contributed by atoms with Crippen LogP contribution in [0.2, 0.25) is 0 Å². The van der Waals surface area contributed by atoms with Gasteiger partial charge in [0, 0.05) is 16.5 Å². The second-order valence-electron chi connectivity index (χ2n) is 6.56. The summed E-state index contributed by atoms with van der Waals surface area (Å²) in [7, 11) is 1.63. The van der Waals surface area contributed by atoms with Crippen LogP contribution in [-0.2, 0) is 4.79 Å². The fourth-order valence-corrected chi connectivity index (χ4v) is 3.72. The number of ether oxygens (including phenoxy) is 1. The number of benzene rings is 3. The molecule has 0 aliphatic heterocycles. The van der Waals surface area contributed by atoms with E-state index in [0.717, 1.165) is 28.1 Å². The fraction of sp³-hybridized carbons (Fsp3) is 0.0400. The number of nitrogens with zero attached hydrogens (tertiary/aromatic N) is 1. The van der Waals surface area contributed by atoms with Gasteiger partial charge >= 0.3 is 0 Å². The molecular weight excluding hydrogens is 392 g/mol. The van der Waals surface area contributed by atoms with E-state index in [1.165, 1.54) is 11.3 Å². The lowest BCUT2D eigenvalue weighted by Gasteiger charge is -2.08. The molecule has 0 saturated carbocycles. The maximum atomic E-state index is 13.1. The van der Waals surface area contributed by atoms with E-state index in [0.29, 0.717) is 10.7 Å². The molecule has 148 valence electrons. The van der Waals surface area contributed by atoms with Crippen LogP contribution < -0.4 is 10.1 Å². The minimum atomic E-state index is -0.203. The monoisotopic (exact) mass is 412 g/mol. The van der Waals surface area contributed by atoms with Crippen molar-refractivity contribution in [1.29, 1.82) is 0 Å². The summed E-state index contributed by atoms with van der Waals surface area (Å²) in [6, 6.07) is 27.1. The van der Waals surface area contributed by atoms with Crippen LogP contribution in [-0.4, -0.2) is 18.0 Å². The molecule has 3 aromatic carbocycles. The summed E-state index contributed by atoms with van der Waals surface area (Å²) in [5.41, 5.74) is 4.18. The number of carbonyl (C=O) groups is 1. The smallest absolute Gasteiger partial charge is 0.258 e.